The average Bonchev–Trinajstić information content (AvgIpc) is 2.18. The van der Waals surface area contributed by atoms with Crippen LogP contribution in [0, 0.1) is 11.8 Å². The first-order chi connectivity index (χ1) is 7.55. The van der Waals surface area contributed by atoms with Crippen LogP contribution in [0.1, 0.15) is 26.7 Å². The van der Waals surface area contributed by atoms with E-state index in [1.54, 1.807) is 6.92 Å². The third-order valence-corrected chi connectivity index (χ3v) is 2.54. The molecule has 0 aromatic rings. The lowest BCUT2D eigenvalue weighted by atomic mass is 10.0. The molecule has 1 unspecified atom stereocenters. The van der Waals surface area contributed by atoms with E-state index in [1.165, 1.54) is 0 Å². The Labute approximate surface area is 121 Å². The van der Waals surface area contributed by atoms with Gasteiger partial charge in [0.25, 0.3) is 0 Å². The van der Waals surface area contributed by atoms with E-state index >= 15 is 0 Å². The summed E-state index contributed by atoms with van der Waals surface area (Å²) in [7, 11) is 0. The number of alkyl halides is 2. The summed E-state index contributed by atoms with van der Waals surface area (Å²) in [6, 6.07) is 0. The van der Waals surface area contributed by atoms with Gasteiger partial charge in [0.05, 0.1) is 6.54 Å². The summed E-state index contributed by atoms with van der Waals surface area (Å²) in [5, 5.41) is 9.84. The number of nitrogens with zero attached hydrogens (tertiary/aromatic N) is 1. The molecule has 5 heteroatoms. The number of hydrogen-bond donors (Lipinski definition) is 1. The van der Waals surface area contributed by atoms with E-state index in [9.17, 15) is 5.11 Å². The molecular formula is C12H22Cl3NO. The van der Waals surface area contributed by atoms with E-state index in [4.69, 9.17) is 23.2 Å². The van der Waals surface area contributed by atoms with E-state index < -0.39 is 5.60 Å². The van der Waals surface area contributed by atoms with Gasteiger partial charge in [-0.25, -0.2) is 0 Å². The molecular weight excluding hydrogens is 280 g/mol. The fourth-order valence-corrected chi connectivity index (χ4v) is 1.88. The van der Waals surface area contributed by atoms with Gasteiger partial charge in [0.15, 0.2) is 0 Å². The predicted octanol–water partition coefficient (Wildman–Crippen LogP) is 2.74. The Hall–Kier alpha value is 0.350. The summed E-state index contributed by atoms with van der Waals surface area (Å²) in [5.74, 6) is 7.02. The average molecular weight is 303 g/mol. The fraction of sp³-hybridized carbons (Fsp3) is 0.833. The minimum Gasteiger partial charge on any atom is -0.378 e. The van der Waals surface area contributed by atoms with Crippen molar-refractivity contribution in [1.82, 2.24) is 4.90 Å². The zero-order chi connectivity index (χ0) is 12.4. The molecule has 0 aliphatic heterocycles. The Balaban J connectivity index is 0. The van der Waals surface area contributed by atoms with Crippen LogP contribution >= 0.6 is 35.6 Å². The van der Waals surface area contributed by atoms with Crippen LogP contribution in [0.2, 0.25) is 0 Å². The molecule has 0 bridgehead atoms. The molecule has 0 amide bonds. The Bertz CT molecular complexity index is 230. The van der Waals surface area contributed by atoms with Crippen molar-refractivity contribution >= 4 is 35.6 Å². The molecule has 17 heavy (non-hydrogen) atoms. The molecule has 0 aliphatic carbocycles. The van der Waals surface area contributed by atoms with Crippen LogP contribution in [0.4, 0.5) is 0 Å². The molecule has 0 heterocycles. The second kappa shape index (κ2) is 11.4. The van der Waals surface area contributed by atoms with Crippen molar-refractivity contribution in [2.45, 2.75) is 32.3 Å². The molecule has 102 valence electrons. The highest BCUT2D eigenvalue weighted by Crippen LogP contribution is 2.09. The molecule has 0 rings (SSSR count). The molecule has 0 saturated heterocycles. The molecule has 0 aliphatic rings. The minimum absolute atomic E-state index is 0. The lowest BCUT2D eigenvalue weighted by Gasteiger charge is -2.17. The van der Waals surface area contributed by atoms with E-state index in [-0.39, 0.29) is 12.4 Å². The minimum atomic E-state index is -0.873. The summed E-state index contributed by atoms with van der Waals surface area (Å²) in [4.78, 5) is 2.08. The molecule has 0 aromatic heterocycles. The molecule has 0 saturated carbocycles. The standard InChI is InChI=1S/C12H21Cl2NO.ClH/c1-3-5-12(2,16)6-4-9-15(10-7-13)11-8-14;/h16H,3,5,7-11H2,1-2H3;1H. The highest BCUT2D eigenvalue weighted by Gasteiger charge is 2.14. The number of hydrogen-bond acceptors (Lipinski definition) is 2. The van der Waals surface area contributed by atoms with Crippen LogP contribution in [0.5, 0.6) is 0 Å². The van der Waals surface area contributed by atoms with Crippen molar-refractivity contribution < 1.29 is 5.11 Å². The maximum Gasteiger partial charge on any atom is 0.122 e. The van der Waals surface area contributed by atoms with Crippen molar-refractivity contribution in [2.24, 2.45) is 0 Å². The van der Waals surface area contributed by atoms with Gasteiger partial charge in [-0.05, 0) is 13.3 Å². The Morgan fingerprint density at radius 1 is 1.24 bits per heavy atom. The van der Waals surface area contributed by atoms with Crippen LogP contribution in [-0.2, 0) is 0 Å². The van der Waals surface area contributed by atoms with Crippen LogP contribution in [0.25, 0.3) is 0 Å². The third kappa shape index (κ3) is 11.2. The molecule has 1 atom stereocenters. The topological polar surface area (TPSA) is 23.5 Å². The van der Waals surface area contributed by atoms with Gasteiger partial charge in [0.1, 0.15) is 5.60 Å². The fourth-order valence-electron chi connectivity index (χ4n) is 1.40. The molecule has 1 N–H and O–H groups in total. The zero-order valence-electron chi connectivity index (χ0n) is 10.5. The SMILES string of the molecule is CCCC(C)(O)C#CCN(CCCl)CCCl.Cl. The summed E-state index contributed by atoms with van der Waals surface area (Å²) in [6.45, 7) is 5.94. The summed E-state index contributed by atoms with van der Waals surface area (Å²) >= 11 is 11.3. The van der Waals surface area contributed by atoms with Gasteiger partial charge >= 0.3 is 0 Å². The lowest BCUT2D eigenvalue weighted by Crippen LogP contribution is -2.29. The maximum absolute atomic E-state index is 9.84. The first-order valence-electron chi connectivity index (χ1n) is 5.62. The van der Waals surface area contributed by atoms with Crippen molar-refractivity contribution in [2.75, 3.05) is 31.4 Å². The summed E-state index contributed by atoms with van der Waals surface area (Å²) < 4.78 is 0. The van der Waals surface area contributed by atoms with Crippen LogP contribution in [0.3, 0.4) is 0 Å². The normalized spacial score (nSPS) is 13.5. The molecule has 0 aromatic carbocycles. The van der Waals surface area contributed by atoms with Crippen molar-refractivity contribution in [1.29, 1.82) is 0 Å². The van der Waals surface area contributed by atoms with E-state index in [2.05, 4.69) is 16.7 Å². The van der Waals surface area contributed by atoms with Gasteiger partial charge < -0.3 is 5.11 Å². The Kier molecular flexibility index (Phi) is 13.2. The van der Waals surface area contributed by atoms with Crippen molar-refractivity contribution in [3.05, 3.63) is 0 Å². The smallest absolute Gasteiger partial charge is 0.122 e. The lowest BCUT2D eigenvalue weighted by molar-refractivity contribution is 0.111. The number of aliphatic hydroxyl groups is 1. The van der Waals surface area contributed by atoms with Gasteiger partial charge in [-0.15, -0.1) is 35.6 Å². The first-order valence-corrected chi connectivity index (χ1v) is 6.69. The second-order valence-corrected chi connectivity index (χ2v) is 4.74. The van der Waals surface area contributed by atoms with E-state index in [1.807, 2.05) is 6.92 Å². The van der Waals surface area contributed by atoms with E-state index in [0.29, 0.717) is 24.7 Å². The molecule has 0 spiro atoms. The van der Waals surface area contributed by atoms with Gasteiger partial charge in [0, 0.05) is 24.8 Å². The highest BCUT2D eigenvalue weighted by atomic mass is 35.5. The van der Waals surface area contributed by atoms with Gasteiger partial charge in [-0.3, -0.25) is 4.90 Å². The van der Waals surface area contributed by atoms with Gasteiger partial charge in [0.2, 0.25) is 0 Å². The number of halogens is 3. The third-order valence-electron chi connectivity index (χ3n) is 2.20. The van der Waals surface area contributed by atoms with Crippen LogP contribution < -0.4 is 0 Å². The molecule has 0 radical (unpaired) electrons. The predicted molar refractivity (Wildman–Crippen MR) is 78.4 cm³/mol. The maximum atomic E-state index is 9.84. The monoisotopic (exact) mass is 301 g/mol. The summed E-state index contributed by atoms with van der Waals surface area (Å²) in [6.07, 6.45) is 1.62. The quantitative estimate of drug-likeness (QED) is 0.577. The van der Waals surface area contributed by atoms with E-state index in [0.717, 1.165) is 19.5 Å². The Morgan fingerprint density at radius 3 is 2.18 bits per heavy atom. The van der Waals surface area contributed by atoms with Gasteiger partial charge in [-0.2, -0.15) is 0 Å². The second-order valence-electron chi connectivity index (χ2n) is 3.98. The van der Waals surface area contributed by atoms with Crippen molar-refractivity contribution in [3.8, 4) is 11.8 Å². The number of rotatable bonds is 7. The Morgan fingerprint density at radius 2 is 1.76 bits per heavy atom. The first kappa shape index (κ1) is 19.7. The van der Waals surface area contributed by atoms with Crippen molar-refractivity contribution in [3.63, 3.8) is 0 Å². The molecule has 0 fully saturated rings. The summed E-state index contributed by atoms with van der Waals surface area (Å²) in [5.41, 5.74) is -0.873. The zero-order valence-corrected chi connectivity index (χ0v) is 12.8. The largest absolute Gasteiger partial charge is 0.378 e. The van der Waals surface area contributed by atoms with Crippen LogP contribution in [-0.4, -0.2) is 47.0 Å². The van der Waals surface area contributed by atoms with Gasteiger partial charge in [-0.1, -0.05) is 25.2 Å². The molecule has 2 nitrogen and oxygen atoms in total. The highest BCUT2D eigenvalue weighted by molar-refractivity contribution is 6.18. The van der Waals surface area contributed by atoms with Crippen LogP contribution in [0.15, 0.2) is 0 Å².